The lowest BCUT2D eigenvalue weighted by atomic mass is 10.3. The van der Waals surface area contributed by atoms with Gasteiger partial charge >= 0.3 is 5.82 Å². The summed E-state index contributed by atoms with van der Waals surface area (Å²) in [5, 5.41) is 13.7. The molecule has 0 bridgehead atoms. The number of anilines is 1. The van der Waals surface area contributed by atoms with E-state index in [0.29, 0.717) is 5.69 Å². The monoisotopic (exact) mass is 238 g/mol. The molecular formula is C11H18N4O2. The number of pyridine rings is 1. The van der Waals surface area contributed by atoms with Crippen LogP contribution in [-0.4, -0.2) is 42.0 Å². The Kier molecular flexibility index (Phi) is 5.35. The van der Waals surface area contributed by atoms with Crippen LogP contribution in [0.15, 0.2) is 18.3 Å². The second-order valence-corrected chi connectivity index (χ2v) is 4.07. The number of aromatic nitrogens is 1. The molecule has 94 valence electrons. The molecule has 0 unspecified atom stereocenters. The van der Waals surface area contributed by atoms with Gasteiger partial charge < -0.3 is 20.3 Å². The maximum atomic E-state index is 10.7. The van der Waals surface area contributed by atoms with E-state index in [1.807, 2.05) is 14.1 Å². The average molecular weight is 238 g/mol. The predicted molar refractivity (Wildman–Crippen MR) is 67.2 cm³/mol. The van der Waals surface area contributed by atoms with Crippen LogP contribution >= 0.6 is 0 Å². The Morgan fingerprint density at radius 2 is 2.24 bits per heavy atom. The molecule has 1 aromatic rings. The van der Waals surface area contributed by atoms with Crippen LogP contribution in [0.3, 0.4) is 0 Å². The van der Waals surface area contributed by atoms with Gasteiger partial charge in [-0.2, -0.15) is 0 Å². The highest BCUT2D eigenvalue weighted by molar-refractivity contribution is 5.56. The van der Waals surface area contributed by atoms with Crippen LogP contribution in [0, 0.1) is 10.1 Å². The third-order valence-corrected chi connectivity index (χ3v) is 2.31. The molecule has 0 aliphatic heterocycles. The van der Waals surface area contributed by atoms with Crippen molar-refractivity contribution in [3.05, 3.63) is 28.4 Å². The van der Waals surface area contributed by atoms with Crippen molar-refractivity contribution >= 4 is 11.5 Å². The molecule has 6 nitrogen and oxygen atoms in total. The van der Waals surface area contributed by atoms with Crippen LogP contribution in [0.1, 0.15) is 12.8 Å². The van der Waals surface area contributed by atoms with E-state index < -0.39 is 4.92 Å². The van der Waals surface area contributed by atoms with Crippen molar-refractivity contribution in [1.82, 2.24) is 9.88 Å². The largest absolute Gasteiger partial charge is 0.386 e. The summed E-state index contributed by atoms with van der Waals surface area (Å²) in [5.74, 6) is -0.111. The molecule has 6 heteroatoms. The number of hydrogen-bond acceptors (Lipinski definition) is 5. The number of nitrogens with one attached hydrogen (secondary N) is 1. The zero-order chi connectivity index (χ0) is 12.7. The molecule has 0 aliphatic rings. The van der Waals surface area contributed by atoms with Crippen LogP contribution in [-0.2, 0) is 0 Å². The van der Waals surface area contributed by atoms with Crippen LogP contribution in [0.5, 0.6) is 0 Å². The number of nitrogens with zero attached hydrogens (tertiary/aromatic N) is 3. The number of rotatable bonds is 7. The lowest BCUT2D eigenvalue weighted by Crippen LogP contribution is -2.14. The summed E-state index contributed by atoms with van der Waals surface area (Å²) in [5.41, 5.74) is 0.488. The average Bonchev–Trinajstić information content (AvgIpc) is 2.28. The van der Waals surface area contributed by atoms with Crippen LogP contribution in [0.4, 0.5) is 11.5 Å². The zero-order valence-electron chi connectivity index (χ0n) is 10.2. The zero-order valence-corrected chi connectivity index (χ0v) is 10.2. The van der Waals surface area contributed by atoms with Gasteiger partial charge in [-0.25, -0.2) is 0 Å². The van der Waals surface area contributed by atoms with Gasteiger partial charge in [0, 0.05) is 6.54 Å². The first-order valence-corrected chi connectivity index (χ1v) is 5.59. The van der Waals surface area contributed by atoms with Gasteiger partial charge in [0.2, 0.25) is 0 Å². The molecule has 1 aromatic heterocycles. The fraction of sp³-hybridized carbons (Fsp3) is 0.545. The maximum Gasteiger partial charge on any atom is 0.386 e. The standard InChI is InChI=1S/C11H18N4O2/c1-14(2)9-4-3-7-12-10-6-5-8-13-11(10)15(16)17/h5-6,8,12H,3-4,7,9H2,1-2H3. The van der Waals surface area contributed by atoms with Gasteiger partial charge in [0.05, 0.1) is 0 Å². The minimum atomic E-state index is -0.470. The molecule has 0 saturated heterocycles. The third-order valence-electron chi connectivity index (χ3n) is 2.31. The number of hydrogen-bond donors (Lipinski definition) is 1. The second kappa shape index (κ2) is 6.80. The molecule has 0 amide bonds. The molecule has 1 heterocycles. The molecule has 0 aromatic carbocycles. The third kappa shape index (κ3) is 4.78. The summed E-state index contributed by atoms with van der Waals surface area (Å²) in [4.78, 5) is 16.1. The molecule has 0 aliphatic carbocycles. The first-order valence-electron chi connectivity index (χ1n) is 5.59. The smallest absolute Gasteiger partial charge is 0.378 e. The first kappa shape index (κ1) is 13.4. The Bertz CT molecular complexity index is 368. The molecule has 0 fully saturated rings. The molecular weight excluding hydrogens is 220 g/mol. The van der Waals surface area contributed by atoms with E-state index in [9.17, 15) is 10.1 Å². The summed E-state index contributed by atoms with van der Waals surface area (Å²) in [6, 6.07) is 3.37. The van der Waals surface area contributed by atoms with Gasteiger partial charge in [-0.3, -0.25) is 0 Å². The lowest BCUT2D eigenvalue weighted by molar-refractivity contribution is -0.388. The summed E-state index contributed by atoms with van der Waals surface area (Å²) in [7, 11) is 4.05. The molecule has 1 rings (SSSR count). The SMILES string of the molecule is CN(C)CCCCNc1cccnc1[N+](=O)[O-]. The van der Waals surface area contributed by atoms with E-state index in [2.05, 4.69) is 15.2 Å². The Labute approximate surface area is 101 Å². The minimum Gasteiger partial charge on any atom is -0.378 e. The van der Waals surface area contributed by atoms with Crippen molar-refractivity contribution < 1.29 is 4.92 Å². The molecule has 0 atom stereocenters. The highest BCUT2D eigenvalue weighted by Gasteiger charge is 2.12. The molecule has 1 N–H and O–H groups in total. The molecule has 0 saturated carbocycles. The van der Waals surface area contributed by atoms with Crippen molar-refractivity contribution in [3.63, 3.8) is 0 Å². The minimum absolute atomic E-state index is 0.111. The van der Waals surface area contributed by atoms with Gasteiger partial charge in [-0.1, -0.05) is 0 Å². The van der Waals surface area contributed by atoms with Crippen LogP contribution < -0.4 is 5.32 Å². The van der Waals surface area contributed by atoms with E-state index in [1.54, 1.807) is 12.1 Å². The molecule has 17 heavy (non-hydrogen) atoms. The van der Waals surface area contributed by atoms with Gasteiger partial charge in [0.1, 0.15) is 11.9 Å². The Morgan fingerprint density at radius 1 is 1.47 bits per heavy atom. The summed E-state index contributed by atoms with van der Waals surface area (Å²) in [6.07, 6.45) is 3.47. The quantitative estimate of drug-likeness (QED) is 0.445. The predicted octanol–water partition coefficient (Wildman–Crippen LogP) is 1.74. The highest BCUT2D eigenvalue weighted by Crippen LogP contribution is 2.19. The van der Waals surface area contributed by atoms with Gasteiger partial charge in [0.25, 0.3) is 0 Å². The highest BCUT2D eigenvalue weighted by atomic mass is 16.6. The fourth-order valence-corrected chi connectivity index (χ4v) is 1.46. The number of nitro groups is 1. The van der Waals surface area contributed by atoms with E-state index in [-0.39, 0.29) is 5.82 Å². The Hall–Kier alpha value is -1.69. The van der Waals surface area contributed by atoms with Crippen LogP contribution in [0.2, 0.25) is 0 Å². The van der Waals surface area contributed by atoms with Gasteiger partial charge in [0.15, 0.2) is 0 Å². The van der Waals surface area contributed by atoms with Crippen molar-refractivity contribution in [2.75, 3.05) is 32.5 Å². The van der Waals surface area contributed by atoms with Gasteiger partial charge in [-0.05, 0) is 55.5 Å². The normalized spacial score (nSPS) is 10.5. The fourth-order valence-electron chi connectivity index (χ4n) is 1.46. The second-order valence-electron chi connectivity index (χ2n) is 4.07. The first-order chi connectivity index (χ1) is 8.11. The molecule has 0 radical (unpaired) electrons. The van der Waals surface area contributed by atoms with Crippen molar-refractivity contribution in [3.8, 4) is 0 Å². The van der Waals surface area contributed by atoms with E-state index in [0.717, 1.165) is 25.9 Å². The van der Waals surface area contributed by atoms with E-state index in [4.69, 9.17) is 0 Å². The summed E-state index contributed by atoms with van der Waals surface area (Å²) < 4.78 is 0. The van der Waals surface area contributed by atoms with E-state index in [1.165, 1.54) is 6.20 Å². The Balaban J connectivity index is 2.39. The lowest BCUT2D eigenvalue weighted by Gasteiger charge is -2.09. The van der Waals surface area contributed by atoms with Gasteiger partial charge in [-0.15, -0.1) is 0 Å². The van der Waals surface area contributed by atoms with Crippen molar-refractivity contribution in [2.45, 2.75) is 12.8 Å². The van der Waals surface area contributed by atoms with Crippen molar-refractivity contribution in [2.24, 2.45) is 0 Å². The summed E-state index contributed by atoms with van der Waals surface area (Å²) in [6.45, 7) is 1.75. The Morgan fingerprint density at radius 3 is 2.88 bits per heavy atom. The number of unbranched alkanes of at least 4 members (excludes halogenated alkanes) is 1. The van der Waals surface area contributed by atoms with Crippen molar-refractivity contribution in [1.29, 1.82) is 0 Å². The summed E-state index contributed by atoms with van der Waals surface area (Å²) >= 11 is 0. The topological polar surface area (TPSA) is 71.3 Å². The molecule has 0 spiro atoms. The van der Waals surface area contributed by atoms with Crippen LogP contribution in [0.25, 0.3) is 0 Å². The van der Waals surface area contributed by atoms with E-state index >= 15 is 0 Å². The maximum absolute atomic E-state index is 10.7.